The van der Waals surface area contributed by atoms with Gasteiger partial charge in [-0.05, 0) is 37.0 Å². The third-order valence-electron chi connectivity index (χ3n) is 3.03. The smallest absolute Gasteiger partial charge is 0.111 e. The van der Waals surface area contributed by atoms with Crippen molar-refractivity contribution in [2.45, 2.75) is 25.8 Å². The van der Waals surface area contributed by atoms with Gasteiger partial charge < -0.3 is 4.57 Å². The minimum Gasteiger partial charge on any atom is -0.328 e. The number of unbranched alkanes of at least 4 members (excludes halogenated alkanes) is 1. The molecule has 0 saturated carbocycles. The fourth-order valence-electron chi connectivity index (χ4n) is 2.17. The van der Waals surface area contributed by atoms with Gasteiger partial charge in [-0.2, -0.15) is 11.8 Å². The van der Waals surface area contributed by atoms with Crippen molar-refractivity contribution in [3.8, 4) is 0 Å². The number of aromatic nitrogens is 2. The Balaban J connectivity index is 2.19. The highest BCUT2D eigenvalue weighted by Gasteiger charge is 2.09. The molecule has 0 N–H and O–H groups in total. The number of alkyl halides is 1. The van der Waals surface area contributed by atoms with Crippen LogP contribution < -0.4 is 0 Å². The van der Waals surface area contributed by atoms with Gasteiger partial charge in [-0.3, -0.25) is 0 Å². The molecular weight excluding hydrogens is 264 g/mol. The van der Waals surface area contributed by atoms with E-state index >= 15 is 0 Å². The van der Waals surface area contributed by atoms with Gasteiger partial charge in [-0.1, -0.05) is 12.1 Å². The topological polar surface area (TPSA) is 17.8 Å². The van der Waals surface area contributed by atoms with Crippen molar-refractivity contribution in [1.82, 2.24) is 9.55 Å². The number of benzene rings is 1. The average molecular weight is 283 g/mol. The zero-order chi connectivity index (χ0) is 12.8. The van der Waals surface area contributed by atoms with E-state index in [0.29, 0.717) is 5.88 Å². The highest BCUT2D eigenvalue weighted by molar-refractivity contribution is 7.98. The van der Waals surface area contributed by atoms with E-state index in [2.05, 4.69) is 34.0 Å². The second kappa shape index (κ2) is 7.05. The lowest BCUT2D eigenvalue weighted by atomic mass is 10.3. The van der Waals surface area contributed by atoms with Gasteiger partial charge in [-0.25, -0.2) is 4.98 Å². The number of aryl methyl sites for hydroxylation is 2. The van der Waals surface area contributed by atoms with E-state index in [1.807, 2.05) is 17.8 Å². The number of nitrogens with zero attached hydrogens (tertiary/aromatic N) is 2. The zero-order valence-corrected chi connectivity index (χ0v) is 12.3. The monoisotopic (exact) mass is 282 g/mol. The maximum absolute atomic E-state index is 5.86. The number of fused-ring (bicyclic) bond motifs is 1. The van der Waals surface area contributed by atoms with E-state index in [-0.39, 0.29) is 0 Å². The van der Waals surface area contributed by atoms with Gasteiger partial charge in [0, 0.05) is 18.8 Å². The molecule has 2 rings (SSSR count). The van der Waals surface area contributed by atoms with E-state index in [9.17, 15) is 0 Å². The summed E-state index contributed by atoms with van der Waals surface area (Å²) in [6.07, 6.45) is 5.47. The Morgan fingerprint density at radius 3 is 2.89 bits per heavy atom. The van der Waals surface area contributed by atoms with E-state index in [0.717, 1.165) is 24.3 Å². The number of para-hydroxylation sites is 2. The minimum atomic E-state index is 0.633. The highest BCUT2D eigenvalue weighted by atomic mass is 35.5. The molecule has 0 aliphatic rings. The van der Waals surface area contributed by atoms with Crippen LogP contribution in [-0.2, 0) is 13.0 Å². The van der Waals surface area contributed by atoms with Crippen molar-refractivity contribution in [3.05, 3.63) is 30.1 Å². The Labute approximate surface area is 118 Å². The molecule has 0 fully saturated rings. The third kappa shape index (κ3) is 3.21. The van der Waals surface area contributed by atoms with Gasteiger partial charge in [0.25, 0.3) is 0 Å². The molecule has 0 unspecified atom stereocenters. The molecule has 0 saturated heterocycles. The van der Waals surface area contributed by atoms with Crippen LogP contribution in [0.4, 0.5) is 0 Å². The third-order valence-corrected chi connectivity index (χ3v) is 3.92. The van der Waals surface area contributed by atoms with Gasteiger partial charge in [0.15, 0.2) is 0 Å². The normalized spacial score (nSPS) is 11.2. The average Bonchev–Trinajstić information content (AvgIpc) is 2.73. The molecule has 0 aliphatic carbocycles. The maximum atomic E-state index is 5.86. The van der Waals surface area contributed by atoms with Crippen LogP contribution in [0.1, 0.15) is 18.7 Å². The molecular formula is C14H19ClN2S. The quantitative estimate of drug-likeness (QED) is 0.565. The highest BCUT2D eigenvalue weighted by Crippen LogP contribution is 2.18. The van der Waals surface area contributed by atoms with Crippen molar-refractivity contribution in [2.75, 3.05) is 17.9 Å². The van der Waals surface area contributed by atoms with Crippen LogP contribution in [-0.4, -0.2) is 27.4 Å². The largest absolute Gasteiger partial charge is 0.328 e. The second-order valence-electron chi connectivity index (χ2n) is 4.31. The summed E-state index contributed by atoms with van der Waals surface area (Å²) in [4.78, 5) is 4.67. The summed E-state index contributed by atoms with van der Waals surface area (Å²) < 4.78 is 2.33. The Hall–Kier alpha value is -0.670. The first kappa shape index (κ1) is 13.8. The van der Waals surface area contributed by atoms with Crippen molar-refractivity contribution < 1.29 is 0 Å². The number of hydrogen-bond donors (Lipinski definition) is 0. The summed E-state index contributed by atoms with van der Waals surface area (Å²) >= 11 is 7.77. The predicted octanol–water partition coefficient (Wildman–Crippen LogP) is 3.96. The lowest BCUT2D eigenvalue weighted by molar-refractivity contribution is 0.623. The maximum Gasteiger partial charge on any atom is 0.111 e. The number of rotatable bonds is 7. The molecule has 2 aromatic rings. The van der Waals surface area contributed by atoms with E-state index < -0.39 is 0 Å². The van der Waals surface area contributed by atoms with Crippen molar-refractivity contribution in [1.29, 1.82) is 0 Å². The number of hydrogen-bond acceptors (Lipinski definition) is 2. The Morgan fingerprint density at radius 1 is 1.28 bits per heavy atom. The SMILES string of the molecule is CSCCCCn1c(CCCl)nc2ccccc21. The summed E-state index contributed by atoms with van der Waals surface area (Å²) in [6, 6.07) is 8.34. The van der Waals surface area contributed by atoms with Crippen LogP contribution in [0.25, 0.3) is 11.0 Å². The van der Waals surface area contributed by atoms with Crippen LogP contribution in [0.15, 0.2) is 24.3 Å². The molecule has 1 aromatic carbocycles. The van der Waals surface area contributed by atoms with Gasteiger partial charge in [0.05, 0.1) is 11.0 Å². The molecule has 1 aromatic heterocycles. The Kier molecular flexibility index (Phi) is 5.39. The minimum absolute atomic E-state index is 0.633. The van der Waals surface area contributed by atoms with E-state index in [1.54, 1.807) is 0 Å². The summed E-state index contributed by atoms with van der Waals surface area (Å²) in [6.45, 7) is 1.05. The molecule has 0 bridgehead atoms. The van der Waals surface area contributed by atoms with Gasteiger partial charge in [-0.15, -0.1) is 11.6 Å². The summed E-state index contributed by atoms with van der Waals surface area (Å²) in [5.74, 6) is 2.99. The standard InChI is InChI=1S/C14H19ClN2S/c1-18-11-5-4-10-17-13-7-3-2-6-12(13)16-14(17)8-9-15/h2-3,6-7H,4-5,8-11H2,1H3. The zero-order valence-electron chi connectivity index (χ0n) is 10.7. The van der Waals surface area contributed by atoms with Crippen LogP contribution >= 0.6 is 23.4 Å². The molecule has 0 amide bonds. The molecule has 18 heavy (non-hydrogen) atoms. The lowest BCUT2D eigenvalue weighted by Crippen LogP contribution is -2.05. The first-order chi connectivity index (χ1) is 8.86. The molecule has 0 aliphatic heterocycles. The van der Waals surface area contributed by atoms with E-state index in [4.69, 9.17) is 11.6 Å². The van der Waals surface area contributed by atoms with Gasteiger partial charge >= 0.3 is 0 Å². The Morgan fingerprint density at radius 2 is 2.11 bits per heavy atom. The fourth-order valence-corrected chi connectivity index (χ4v) is 2.83. The van der Waals surface area contributed by atoms with Crippen LogP contribution in [0.3, 0.4) is 0 Å². The molecule has 1 heterocycles. The van der Waals surface area contributed by atoms with Crippen LogP contribution in [0.5, 0.6) is 0 Å². The van der Waals surface area contributed by atoms with Gasteiger partial charge in [0.1, 0.15) is 5.82 Å². The summed E-state index contributed by atoms with van der Waals surface area (Å²) in [7, 11) is 0. The van der Waals surface area contributed by atoms with E-state index in [1.165, 1.54) is 24.1 Å². The van der Waals surface area contributed by atoms with Crippen LogP contribution in [0.2, 0.25) is 0 Å². The molecule has 0 spiro atoms. The molecule has 4 heteroatoms. The van der Waals surface area contributed by atoms with Crippen LogP contribution in [0, 0.1) is 0 Å². The summed E-state index contributed by atoms with van der Waals surface area (Å²) in [5, 5.41) is 0. The molecule has 0 radical (unpaired) electrons. The first-order valence-corrected chi connectivity index (χ1v) is 8.28. The second-order valence-corrected chi connectivity index (χ2v) is 5.67. The van der Waals surface area contributed by atoms with Crippen molar-refractivity contribution >= 4 is 34.4 Å². The Bertz CT molecular complexity index is 495. The molecule has 0 atom stereocenters. The number of halogens is 1. The van der Waals surface area contributed by atoms with Gasteiger partial charge in [0.2, 0.25) is 0 Å². The number of imidazole rings is 1. The van der Waals surface area contributed by atoms with Crippen molar-refractivity contribution in [2.24, 2.45) is 0 Å². The predicted molar refractivity (Wildman–Crippen MR) is 81.8 cm³/mol. The molecule has 98 valence electrons. The fraction of sp³-hybridized carbons (Fsp3) is 0.500. The first-order valence-electron chi connectivity index (χ1n) is 6.36. The summed E-state index contributed by atoms with van der Waals surface area (Å²) in [5.41, 5.74) is 2.32. The molecule has 2 nitrogen and oxygen atoms in total. The van der Waals surface area contributed by atoms with Crippen molar-refractivity contribution in [3.63, 3.8) is 0 Å². The lowest BCUT2D eigenvalue weighted by Gasteiger charge is -2.08. The number of thioether (sulfide) groups is 1.